The van der Waals surface area contributed by atoms with Crippen molar-refractivity contribution in [3.8, 4) is 11.1 Å². The number of methoxy groups -OCH3 is 1. The topological polar surface area (TPSA) is 51.2 Å². The quantitative estimate of drug-likeness (QED) is 0.705. The van der Waals surface area contributed by atoms with E-state index in [-0.39, 0.29) is 5.91 Å². The lowest BCUT2D eigenvalue weighted by molar-refractivity contribution is 0.0948. The number of pyridine rings is 1. The molecule has 1 aromatic heterocycles. The number of rotatable bonds is 6. The number of nitrogens with zero attached hydrogens (tertiary/aromatic N) is 1. The number of ether oxygens (including phenoxy) is 1. The number of fused-ring (bicyclic) bond motifs is 1. The van der Waals surface area contributed by atoms with Gasteiger partial charge in [-0.2, -0.15) is 0 Å². The largest absolute Gasteiger partial charge is 0.385 e. The van der Waals surface area contributed by atoms with Gasteiger partial charge in [0.1, 0.15) is 0 Å². The molecule has 0 aliphatic heterocycles. The molecule has 24 heavy (non-hydrogen) atoms. The van der Waals surface area contributed by atoms with Crippen molar-refractivity contribution in [2.24, 2.45) is 0 Å². The van der Waals surface area contributed by atoms with Crippen LogP contribution in [0.1, 0.15) is 16.8 Å². The summed E-state index contributed by atoms with van der Waals surface area (Å²) in [7, 11) is 1.66. The second-order valence-corrected chi connectivity index (χ2v) is 5.60. The van der Waals surface area contributed by atoms with Crippen LogP contribution in [0, 0.1) is 0 Å². The highest BCUT2D eigenvalue weighted by Gasteiger charge is 2.07. The average Bonchev–Trinajstić information content (AvgIpc) is 2.65. The number of carbonyl (C=O) groups excluding carboxylic acids is 1. The van der Waals surface area contributed by atoms with Crippen LogP contribution in [0.2, 0.25) is 0 Å². The molecule has 0 atom stereocenters. The van der Waals surface area contributed by atoms with Crippen LogP contribution in [-0.4, -0.2) is 31.2 Å². The molecule has 0 aliphatic carbocycles. The lowest BCUT2D eigenvalue weighted by atomic mass is 10.0. The van der Waals surface area contributed by atoms with E-state index in [2.05, 4.69) is 16.4 Å². The number of carbonyl (C=O) groups is 1. The van der Waals surface area contributed by atoms with Crippen LogP contribution in [-0.2, 0) is 4.74 Å². The summed E-state index contributed by atoms with van der Waals surface area (Å²) in [5.74, 6) is -0.0679. The minimum absolute atomic E-state index is 0.0679. The summed E-state index contributed by atoms with van der Waals surface area (Å²) < 4.78 is 4.98. The van der Waals surface area contributed by atoms with Gasteiger partial charge in [0.15, 0.2) is 0 Å². The van der Waals surface area contributed by atoms with Gasteiger partial charge in [0, 0.05) is 43.0 Å². The summed E-state index contributed by atoms with van der Waals surface area (Å²) in [5.41, 5.74) is 3.60. The first-order valence-electron chi connectivity index (χ1n) is 8.00. The molecule has 2 aromatic carbocycles. The lowest BCUT2D eigenvalue weighted by Crippen LogP contribution is -2.25. The molecule has 0 radical (unpaired) electrons. The van der Waals surface area contributed by atoms with Crippen LogP contribution in [0.5, 0.6) is 0 Å². The second kappa shape index (κ2) is 7.70. The molecule has 4 nitrogen and oxygen atoms in total. The first-order chi connectivity index (χ1) is 11.8. The van der Waals surface area contributed by atoms with Crippen molar-refractivity contribution in [2.45, 2.75) is 6.42 Å². The summed E-state index contributed by atoms with van der Waals surface area (Å²) in [6.45, 7) is 1.25. The van der Waals surface area contributed by atoms with Gasteiger partial charge in [-0.3, -0.25) is 9.78 Å². The molecule has 0 spiro atoms. The molecule has 122 valence electrons. The van der Waals surface area contributed by atoms with E-state index < -0.39 is 0 Å². The van der Waals surface area contributed by atoms with Crippen LogP contribution in [0.3, 0.4) is 0 Å². The van der Waals surface area contributed by atoms with Crippen LogP contribution < -0.4 is 5.32 Å². The van der Waals surface area contributed by atoms with Gasteiger partial charge in [-0.1, -0.05) is 30.3 Å². The molecular formula is C20H20N2O2. The maximum atomic E-state index is 12.2. The van der Waals surface area contributed by atoms with Crippen LogP contribution in [0.25, 0.3) is 22.0 Å². The van der Waals surface area contributed by atoms with Crippen molar-refractivity contribution in [1.82, 2.24) is 10.3 Å². The minimum atomic E-state index is -0.0679. The Morgan fingerprint density at radius 2 is 1.96 bits per heavy atom. The fourth-order valence-corrected chi connectivity index (χ4v) is 2.59. The Bertz CT molecular complexity index is 846. The third-order valence-electron chi connectivity index (χ3n) is 3.86. The van der Waals surface area contributed by atoms with E-state index in [1.807, 2.05) is 54.7 Å². The van der Waals surface area contributed by atoms with Crippen molar-refractivity contribution < 1.29 is 9.53 Å². The Hall–Kier alpha value is -2.72. The van der Waals surface area contributed by atoms with Gasteiger partial charge in [-0.05, 0) is 36.2 Å². The highest BCUT2D eigenvalue weighted by molar-refractivity contribution is 5.95. The highest BCUT2D eigenvalue weighted by atomic mass is 16.5. The molecule has 0 unspecified atom stereocenters. The zero-order chi connectivity index (χ0) is 16.8. The van der Waals surface area contributed by atoms with E-state index in [9.17, 15) is 4.79 Å². The van der Waals surface area contributed by atoms with E-state index in [1.165, 1.54) is 0 Å². The van der Waals surface area contributed by atoms with Crippen molar-refractivity contribution >= 4 is 16.8 Å². The molecule has 1 N–H and O–H groups in total. The van der Waals surface area contributed by atoms with Gasteiger partial charge in [-0.15, -0.1) is 0 Å². The van der Waals surface area contributed by atoms with Crippen LogP contribution in [0.15, 0.2) is 60.8 Å². The average molecular weight is 320 g/mol. The molecular weight excluding hydrogens is 300 g/mol. The zero-order valence-corrected chi connectivity index (χ0v) is 13.7. The van der Waals surface area contributed by atoms with Crippen LogP contribution in [0.4, 0.5) is 0 Å². The van der Waals surface area contributed by atoms with Crippen LogP contribution >= 0.6 is 0 Å². The molecule has 3 aromatic rings. The normalized spacial score (nSPS) is 10.7. The Morgan fingerprint density at radius 1 is 1.08 bits per heavy atom. The molecule has 1 heterocycles. The minimum Gasteiger partial charge on any atom is -0.385 e. The van der Waals surface area contributed by atoms with Gasteiger partial charge in [0.05, 0.1) is 5.52 Å². The van der Waals surface area contributed by atoms with E-state index in [0.717, 1.165) is 28.5 Å². The van der Waals surface area contributed by atoms with E-state index in [0.29, 0.717) is 18.7 Å². The summed E-state index contributed by atoms with van der Waals surface area (Å²) in [4.78, 5) is 16.7. The van der Waals surface area contributed by atoms with E-state index >= 15 is 0 Å². The number of hydrogen-bond acceptors (Lipinski definition) is 3. The number of amides is 1. The number of nitrogens with one attached hydrogen (secondary N) is 1. The summed E-state index contributed by atoms with van der Waals surface area (Å²) >= 11 is 0. The molecule has 3 rings (SSSR count). The van der Waals surface area contributed by atoms with Crippen molar-refractivity contribution in [3.05, 3.63) is 66.4 Å². The van der Waals surface area contributed by atoms with Gasteiger partial charge in [-0.25, -0.2) is 0 Å². The molecule has 0 fully saturated rings. The molecule has 0 saturated heterocycles. The third-order valence-corrected chi connectivity index (χ3v) is 3.86. The number of para-hydroxylation sites is 1. The maximum Gasteiger partial charge on any atom is 0.251 e. The molecule has 0 aliphatic rings. The maximum absolute atomic E-state index is 12.2. The van der Waals surface area contributed by atoms with Crippen molar-refractivity contribution in [2.75, 3.05) is 20.3 Å². The fraction of sp³-hybridized carbons (Fsp3) is 0.200. The molecule has 0 saturated carbocycles. The predicted octanol–water partition coefficient (Wildman–Crippen LogP) is 3.67. The third kappa shape index (κ3) is 3.78. The fourth-order valence-electron chi connectivity index (χ4n) is 2.59. The first kappa shape index (κ1) is 16.1. The Labute approximate surface area is 141 Å². The summed E-state index contributed by atoms with van der Waals surface area (Å²) in [6, 6.07) is 17.7. The van der Waals surface area contributed by atoms with Crippen molar-refractivity contribution in [3.63, 3.8) is 0 Å². The SMILES string of the molecule is COCCCNC(=O)c1cccc(-c2cnc3ccccc3c2)c1. The highest BCUT2D eigenvalue weighted by Crippen LogP contribution is 2.23. The Morgan fingerprint density at radius 3 is 2.83 bits per heavy atom. The monoisotopic (exact) mass is 320 g/mol. The van der Waals surface area contributed by atoms with Gasteiger partial charge < -0.3 is 10.1 Å². The lowest BCUT2D eigenvalue weighted by Gasteiger charge is -2.08. The smallest absolute Gasteiger partial charge is 0.251 e. The number of benzene rings is 2. The second-order valence-electron chi connectivity index (χ2n) is 5.60. The van der Waals surface area contributed by atoms with E-state index in [1.54, 1.807) is 7.11 Å². The standard InChI is InChI=1S/C20H20N2O2/c1-24-11-5-10-21-20(23)17-8-4-7-15(12-17)18-13-16-6-2-3-9-19(16)22-14-18/h2-4,6-9,12-14H,5,10-11H2,1H3,(H,21,23). The first-order valence-corrected chi connectivity index (χ1v) is 8.00. The molecule has 0 bridgehead atoms. The predicted molar refractivity (Wildman–Crippen MR) is 96.0 cm³/mol. The molecule has 1 amide bonds. The Kier molecular flexibility index (Phi) is 5.18. The van der Waals surface area contributed by atoms with Gasteiger partial charge in [0.25, 0.3) is 5.91 Å². The summed E-state index contributed by atoms with van der Waals surface area (Å²) in [6.07, 6.45) is 2.65. The van der Waals surface area contributed by atoms with E-state index in [4.69, 9.17) is 4.74 Å². The number of hydrogen-bond donors (Lipinski definition) is 1. The zero-order valence-electron chi connectivity index (χ0n) is 13.7. The van der Waals surface area contributed by atoms with Gasteiger partial charge >= 0.3 is 0 Å². The van der Waals surface area contributed by atoms with Crippen molar-refractivity contribution in [1.29, 1.82) is 0 Å². The molecule has 4 heteroatoms. The van der Waals surface area contributed by atoms with Gasteiger partial charge in [0.2, 0.25) is 0 Å². The summed E-state index contributed by atoms with van der Waals surface area (Å²) in [5, 5.41) is 3.99. The number of aromatic nitrogens is 1. The Balaban J connectivity index is 1.80.